The van der Waals surface area contributed by atoms with Crippen LogP contribution in [-0.2, 0) is 45.3 Å². The van der Waals surface area contributed by atoms with Crippen LogP contribution in [0, 0.1) is 0 Å². The summed E-state index contributed by atoms with van der Waals surface area (Å²) in [6, 6.07) is 12.6. The molecule has 1 amide bonds. The van der Waals surface area contributed by atoms with Crippen molar-refractivity contribution in [3.8, 4) is 5.75 Å². The van der Waals surface area contributed by atoms with E-state index in [0.717, 1.165) is 43.3 Å². The fourth-order valence-corrected chi connectivity index (χ4v) is 7.09. The van der Waals surface area contributed by atoms with Gasteiger partial charge in [-0.05, 0) is 66.7 Å². The number of phenols is 1. The van der Waals surface area contributed by atoms with Crippen molar-refractivity contribution in [2.24, 2.45) is 20.5 Å². The summed E-state index contributed by atoms with van der Waals surface area (Å²) < 4.78 is 134. The van der Waals surface area contributed by atoms with Gasteiger partial charge in [0.25, 0.3) is 40.5 Å². The standard InChI is InChI=1S/C28H21N5O14S4.Na/c1-14(34)29-23-10-11-24(50(42,43)44)20-13-25(51(45,46)47)27(28(35)26(20)23)33-32-22-9-8-21(18-7-6-17(12-19(18)22)49(39,40)41)31-30-15-2-4-16(5-3-15)48(36,37)38;/h2-13,35H,1H3,(H,29,34)(H,36,37,38)(H,39,40,41)(H,42,43,44)(H,45,46,47);. The molecule has 0 saturated heterocycles. The molecule has 0 heterocycles. The Morgan fingerprint density at radius 2 is 1.12 bits per heavy atom. The quantitative estimate of drug-likeness (QED) is 0.0642. The first-order valence-corrected chi connectivity index (χ1v) is 19.3. The van der Waals surface area contributed by atoms with Crippen LogP contribution < -0.4 is 5.32 Å². The van der Waals surface area contributed by atoms with Gasteiger partial charge in [-0.1, -0.05) is 6.07 Å². The molecule has 0 aliphatic rings. The molecule has 267 valence electrons. The van der Waals surface area contributed by atoms with E-state index < -0.39 is 88.2 Å². The van der Waals surface area contributed by atoms with Gasteiger partial charge in [-0.2, -0.15) is 38.8 Å². The molecule has 0 aliphatic heterocycles. The third kappa shape index (κ3) is 8.67. The summed E-state index contributed by atoms with van der Waals surface area (Å²) in [5, 5.41) is 28.2. The second-order valence-electron chi connectivity index (χ2n) is 10.4. The van der Waals surface area contributed by atoms with Crippen LogP contribution in [0.3, 0.4) is 0 Å². The van der Waals surface area contributed by atoms with Crippen LogP contribution in [0.1, 0.15) is 6.92 Å². The molecular weight excluding hydrogens is 782 g/mol. The first-order chi connectivity index (χ1) is 23.6. The fourth-order valence-electron chi connectivity index (χ4n) is 4.78. The molecule has 0 saturated carbocycles. The van der Waals surface area contributed by atoms with Crippen molar-refractivity contribution in [3.05, 3.63) is 72.8 Å². The third-order valence-corrected chi connectivity index (χ3v) is 10.4. The van der Waals surface area contributed by atoms with E-state index in [0.29, 0.717) is 6.07 Å². The number of nitrogens with zero attached hydrogens (tertiary/aromatic N) is 4. The van der Waals surface area contributed by atoms with E-state index in [1.54, 1.807) is 0 Å². The molecule has 5 aromatic carbocycles. The van der Waals surface area contributed by atoms with E-state index in [4.69, 9.17) is 4.55 Å². The van der Waals surface area contributed by atoms with Crippen LogP contribution in [0.4, 0.5) is 28.4 Å². The summed E-state index contributed by atoms with van der Waals surface area (Å²) in [6.07, 6.45) is 0. The molecule has 5 rings (SSSR count). The molecular formula is C28H21N5NaO14S4. The predicted molar refractivity (Wildman–Crippen MR) is 184 cm³/mol. The van der Waals surface area contributed by atoms with Gasteiger partial charge in [-0.25, -0.2) is 0 Å². The molecule has 0 unspecified atom stereocenters. The first kappa shape index (κ1) is 40.5. The van der Waals surface area contributed by atoms with Crippen LogP contribution in [-0.4, -0.2) is 92.5 Å². The monoisotopic (exact) mass is 802 g/mol. The fraction of sp³-hybridized carbons (Fsp3) is 0.0357. The minimum absolute atomic E-state index is 0. The molecule has 0 spiro atoms. The topological polar surface area (TPSA) is 316 Å². The Bertz CT molecular complexity index is 2810. The normalized spacial score (nSPS) is 12.8. The number of hydrogen-bond acceptors (Lipinski definition) is 14. The zero-order valence-corrected chi connectivity index (χ0v) is 31.5. The largest absolute Gasteiger partial charge is 0.505 e. The summed E-state index contributed by atoms with van der Waals surface area (Å²) in [6.45, 7) is 1.07. The molecule has 52 heavy (non-hydrogen) atoms. The Hall–Kier alpha value is -4.27. The van der Waals surface area contributed by atoms with Gasteiger partial charge < -0.3 is 10.4 Å². The van der Waals surface area contributed by atoms with Gasteiger partial charge in [0.05, 0.1) is 37.9 Å². The number of carbonyl (C=O) groups excluding carboxylic acids is 1. The predicted octanol–water partition coefficient (Wildman–Crippen LogP) is 5.09. The zero-order valence-electron chi connectivity index (χ0n) is 26.3. The van der Waals surface area contributed by atoms with E-state index in [1.165, 1.54) is 30.3 Å². The van der Waals surface area contributed by atoms with Crippen molar-refractivity contribution in [2.75, 3.05) is 5.32 Å². The van der Waals surface area contributed by atoms with E-state index in [9.17, 15) is 57.2 Å². The number of aromatic hydroxyl groups is 1. The van der Waals surface area contributed by atoms with Gasteiger partial charge in [0.1, 0.15) is 15.5 Å². The summed E-state index contributed by atoms with van der Waals surface area (Å²) >= 11 is 0. The maximum absolute atomic E-state index is 12.5. The number of benzene rings is 5. The first-order valence-electron chi connectivity index (χ1n) is 13.6. The van der Waals surface area contributed by atoms with Crippen molar-refractivity contribution < 1.29 is 61.8 Å². The van der Waals surface area contributed by atoms with Gasteiger partial charge in [0.2, 0.25) is 5.91 Å². The molecule has 24 heteroatoms. The summed E-state index contributed by atoms with van der Waals surface area (Å²) in [5.41, 5.74) is -1.27. The summed E-state index contributed by atoms with van der Waals surface area (Å²) in [7, 11) is -19.7. The van der Waals surface area contributed by atoms with Crippen molar-refractivity contribution in [1.29, 1.82) is 0 Å². The van der Waals surface area contributed by atoms with Crippen LogP contribution in [0.5, 0.6) is 5.75 Å². The zero-order chi connectivity index (χ0) is 37.7. The minimum Gasteiger partial charge on any atom is -0.505 e. The smallest absolute Gasteiger partial charge is 0.296 e. The maximum atomic E-state index is 12.5. The molecule has 1 radical (unpaired) electrons. The number of nitrogens with one attached hydrogen (secondary N) is 1. The molecule has 0 bridgehead atoms. The second-order valence-corrected chi connectivity index (χ2v) is 16.0. The number of anilines is 1. The van der Waals surface area contributed by atoms with Crippen LogP contribution >= 0.6 is 0 Å². The maximum Gasteiger partial charge on any atom is 0.296 e. The third-order valence-electron chi connectivity index (χ3n) is 6.95. The number of amides is 1. The molecule has 19 nitrogen and oxygen atoms in total. The number of azo groups is 2. The molecule has 5 aromatic rings. The average Bonchev–Trinajstić information content (AvgIpc) is 3.01. The van der Waals surface area contributed by atoms with Gasteiger partial charge in [0, 0.05) is 52.6 Å². The van der Waals surface area contributed by atoms with Gasteiger partial charge in [-0.15, -0.1) is 15.3 Å². The number of carbonyl (C=O) groups is 1. The van der Waals surface area contributed by atoms with E-state index in [1.807, 2.05) is 0 Å². The Balaban J connectivity index is 0.00000605. The number of fused-ring (bicyclic) bond motifs is 2. The number of phenolic OH excluding ortho intramolecular Hbond substituents is 1. The van der Waals surface area contributed by atoms with E-state index in [-0.39, 0.29) is 63.1 Å². The molecule has 6 N–H and O–H groups in total. The number of rotatable bonds is 9. The summed E-state index contributed by atoms with van der Waals surface area (Å²) in [4.78, 5) is 8.74. The Morgan fingerprint density at radius 1 is 0.577 bits per heavy atom. The Kier molecular flexibility index (Phi) is 11.4. The molecule has 0 atom stereocenters. The van der Waals surface area contributed by atoms with Crippen LogP contribution in [0.2, 0.25) is 0 Å². The number of hydrogen-bond donors (Lipinski definition) is 6. The Morgan fingerprint density at radius 3 is 1.65 bits per heavy atom. The second kappa shape index (κ2) is 14.6. The van der Waals surface area contributed by atoms with E-state index in [2.05, 4.69) is 25.8 Å². The average molecular weight is 803 g/mol. The van der Waals surface area contributed by atoms with Gasteiger partial charge >= 0.3 is 0 Å². The van der Waals surface area contributed by atoms with Crippen LogP contribution in [0.25, 0.3) is 21.5 Å². The van der Waals surface area contributed by atoms with Crippen LogP contribution in [0.15, 0.2) is 113 Å². The molecule has 0 fully saturated rings. The Labute approximate surface area is 316 Å². The molecule has 0 aliphatic carbocycles. The van der Waals surface area contributed by atoms with Crippen molar-refractivity contribution in [1.82, 2.24) is 0 Å². The van der Waals surface area contributed by atoms with Crippen molar-refractivity contribution in [3.63, 3.8) is 0 Å². The van der Waals surface area contributed by atoms with Gasteiger partial charge in [0.15, 0.2) is 5.75 Å². The van der Waals surface area contributed by atoms with Crippen molar-refractivity contribution >= 4 is 126 Å². The van der Waals surface area contributed by atoms with E-state index >= 15 is 0 Å². The van der Waals surface area contributed by atoms with Gasteiger partial charge in [-0.3, -0.25) is 23.0 Å². The van der Waals surface area contributed by atoms with Crippen molar-refractivity contribution in [2.45, 2.75) is 26.5 Å². The minimum atomic E-state index is -5.33. The molecule has 0 aromatic heterocycles. The summed E-state index contributed by atoms with van der Waals surface area (Å²) in [5.74, 6) is -1.82. The SMILES string of the molecule is CC(=O)Nc1ccc(S(=O)(=O)O)c2cc(S(=O)(=O)O)c(N=Nc3ccc(N=Nc4ccc(S(=O)(=O)O)cc4)c4ccc(S(=O)(=O)O)cc34)c(O)c12.[Na].